The number of hydrogen-bond acceptors (Lipinski definition) is 2. The quantitative estimate of drug-likeness (QED) is 0.840. The molecule has 0 aromatic heterocycles. The Morgan fingerprint density at radius 1 is 1.47 bits per heavy atom. The van der Waals surface area contributed by atoms with Gasteiger partial charge in [-0.3, -0.25) is 4.79 Å². The van der Waals surface area contributed by atoms with Crippen LogP contribution >= 0.6 is 11.6 Å². The second kappa shape index (κ2) is 7.81. The van der Waals surface area contributed by atoms with Gasteiger partial charge in [0.25, 0.3) is 0 Å². The number of halogens is 1. The standard InChI is InChI=1S/C15H19ClN2O/c1-3-5-6-12(4-2)15(19)18-14-9-11(10-17)7-8-13(14)16/h7-9,12H,3-6H2,1-2H3,(H,18,19). The van der Waals surface area contributed by atoms with E-state index >= 15 is 0 Å². The topological polar surface area (TPSA) is 52.9 Å². The Morgan fingerprint density at radius 2 is 2.21 bits per heavy atom. The number of nitriles is 1. The second-order valence-corrected chi connectivity index (χ2v) is 4.95. The van der Waals surface area contributed by atoms with Crippen LogP contribution in [-0.4, -0.2) is 5.91 Å². The SMILES string of the molecule is CCCCC(CC)C(=O)Nc1cc(C#N)ccc1Cl. The van der Waals surface area contributed by atoms with Crippen LogP contribution in [-0.2, 0) is 4.79 Å². The smallest absolute Gasteiger partial charge is 0.227 e. The van der Waals surface area contributed by atoms with Crippen LogP contribution in [0.3, 0.4) is 0 Å². The van der Waals surface area contributed by atoms with Crippen LogP contribution in [0.25, 0.3) is 0 Å². The van der Waals surface area contributed by atoms with Crippen molar-refractivity contribution in [3.63, 3.8) is 0 Å². The zero-order chi connectivity index (χ0) is 14.3. The summed E-state index contributed by atoms with van der Waals surface area (Å²) in [7, 11) is 0. The molecule has 1 aromatic rings. The predicted molar refractivity (Wildman–Crippen MR) is 78.1 cm³/mol. The Kier molecular flexibility index (Phi) is 6.38. The zero-order valence-electron chi connectivity index (χ0n) is 11.4. The maximum atomic E-state index is 12.1. The van der Waals surface area contributed by atoms with Crippen LogP contribution in [0.4, 0.5) is 5.69 Å². The van der Waals surface area contributed by atoms with Gasteiger partial charge in [0.2, 0.25) is 5.91 Å². The summed E-state index contributed by atoms with van der Waals surface area (Å²) in [5, 5.41) is 12.1. The van der Waals surface area contributed by atoms with Gasteiger partial charge in [0.05, 0.1) is 22.3 Å². The van der Waals surface area contributed by atoms with Crippen LogP contribution in [0.5, 0.6) is 0 Å². The molecule has 1 rings (SSSR count). The van der Waals surface area contributed by atoms with Crippen LogP contribution in [0.2, 0.25) is 5.02 Å². The fourth-order valence-electron chi connectivity index (χ4n) is 1.90. The molecule has 1 aromatic carbocycles. The van der Waals surface area contributed by atoms with Gasteiger partial charge in [-0.25, -0.2) is 0 Å². The van der Waals surface area contributed by atoms with E-state index in [1.807, 2.05) is 13.0 Å². The third-order valence-electron chi connectivity index (χ3n) is 3.12. The Balaban J connectivity index is 2.78. The summed E-state index contributed by atoms with van der Waals surface area (Å²) in [5.41, 5.74) is 1.00. The Labute approximate surface area is 119 Å². The van der Waals surface area contributed by atoms with Crippen molar-refractivity contribution < 1.29 is 4.79 Å². The first-order valence-corrected chi connectivity index (χ1v) is 7.00. The summed E-state index contributed by atoms with van der Waals surface area (Å²) >= 11 is 6.03. The molecule has 1 atom stereocenters. The highest BCUT2D eigenvalue weighted by molar-refractivity contribution is 6.33. The molecule has 0 radical (unpaired) electrons. The van der Waals surface area contributed by atoms with Gasteiger partial charge in [-0.05, 0) is 31.0 Å². The number of hydrogen-bond donors (Lipinski definition) is 1. The molecule has 0 aliphatic carbocycles. The molecule has 19 heavy (non-hydrogen) atoms. The minimum absolute atomic E-state index is 0.00163. The van der Waals surface area contributed by atoms with Gasteiger partial charge < -0.3 is 5.32 Å². The summed E-state index contributed by atoms with van der Waals surface area (Å²) in [6.45, 7) is 4.12. The highest BCUT2D eigenvalue weighted by Crippen LogP contribution is 2.24. The van der Waals surface area contributed by atoms with Gasteiger partial charge in [0.15, 0.2) is 0 Å². The molecule has 0 spiro atoms. The second-order valence-electron chi connectivity index (χ2n) is 4.54. The molecule has 0 heterocycles. The van der Waals surface area contributed by atoms with Gasteiger partial charge in [-0.15, -0.1) is 0 Å². The van der Waals surface area contributed by atoms with Crippen LogP contribution in [0.1, 0.15) is 45.1 Å². The van der Waals surface area contributed by atoms with Crippen LogP contribution < -0.4 is 5.32 Å². The maximum Gasteiger partial charge on any atom is 0.227 e. The first kappa shape index (κ1) is 15.5. The monoisotopic (exact) mass is 278 g/mol. The van der Waals surface area contributed by atoms with Gasteiger partial charge in [-0.1, -0.05) is 38.3 Å². The number of anilines is 1. The van der Waals surface area contributed by atoms with E-state index < -0.39 is 0 Å². The van der Waals surface area contributed by atoms with Crippen molar-refractivity contribution in [3.05, 3.63) is 28.8 Å². The lowest BCUT2D eigenvalue weighted by molar-refractivity contribution is -0.120. The Hall–Kier alpha value is -1.53. The molecule has 1 amide bonds. The number of nitrogens with zero attached hydrogens (tertiary/aromatic N) is 1. The van der Waals surface area contributed by atoms with E-state index in [1.54, 1.807) is 18.2 Å². The van der Waals surface area contributed by atoms with E-state index in [2.05, 4.69) is 12.2 Å². The molecule has 1 N–H and O–H groups in total. The number of unbranched alkanes of at least 4 members (excludes halogenated alkanes) is 1. The number of nitrogens with one attached hydrogen (secondary N) is 1. The van der Waals surface area contributed by atoms with E-state index in [-0.39, 0.29) is 11.8 Å². The van der Waals surface area contributed by atoms with Gasteiger partial charge >= 0.3 is 0 Å². The molecule has 4 heteroatoms. The minimum atomic E-state index is -0.0204. The van der Waals surface area contributed by atoms with Gasteiger partial charge in [-0.2, -0.15) is 5.26 Å². The van der Waals surface area contributed by atoms with Crippen LogP contribution in [0, 0.1) is 17.2 Å². The van der Waals surface area contributed by atoms with Crippen molar-refractivity contribution in [1.29, 1.82) is 5.26 Å². The number of carbonyl (C=O) groups excluding carboxylic acids is 1. The molecule has 0 saturated carbocycles. The molecule has 102 valence electrons. The van der Waals surface area contributed by atoms with Crippen molar-refractivity contribution >= 4 is 23.2 Å². The first-order chi connectivity index (χ1) is 9.12. The number of carbonyl (C=O) groups is 1. The zero-order valence-corrected chi connectivity index (χ0v) is 12.1. The van der Waals surface area contributed by atoms with E-state index in [0.717, 1.165) is 25.7 Å². The highest BCUT2D eigenvalue weighted by Gasteiger charge is 2.17. The molecule has 3 nitrogen and oxygen atoms in total. The average Bonchev–Trinajstić information content (AvgIpc) is 2.42. The fourth-order valence-corrected chi connectivity index (χ4v) is 2.06. The van der Waals surface area contributed by atoms with Gasteiger partial charge in [0, 0.05) is 5.92 Å². The third kappa shape index (κ3) is 4.57. The van der Waals surface area contributed by atoms with Gasteiger partial charge in [0.1, 0.15) is 0 Å². The van der Waals surface area contributed by atoms with Crippen LogP contribution in [0.15, 0.2) is 18.2 Å². The average molecular weight is 279 g/mol. The fraction of sp³-hybridized carbons (Fsp3) is 0.467. The van der Waals surface area contributed by atoms with Crippen molar-refractivity contribution in [2.24, 2.45) is 5.92 Å². The molecular weight excluding hydrogens is 260 g/mol. The van der Waals surface area contributed by atoms with E-state index in [0.29, 0.717) is 16.3 Å². The largest absolute Gasteiger partial charge is 0.324 e. The van der Waals surface area contributed by atoms with E-state index in [1.165, 1.54) is 0 Å². The predicted octanol–water partition coefficient (Wildman–Crippen LogP) is 4.37. The Bertz CT molecular complexity index is 480. The molecule has 0 aliphatic rings. The molecule has 0 fully saturated rings. The lowest BCUT2D eigenvalue weighted by atomic mass is 9.98. The van der Waals surface area contributed by atoms with Crippen molar-refractivity contribution in [1.82, 2.24) is 0 Å². The summed E-state index contributed by atoms with van der Waals surface area (Å²) in [4.78, 5) is 12.1. The van der Waals surface area contributed by atoms with Crippen molar-refractivity contribution in [2.75, 3.05) is 5.32 Å². The van der Waals surface area contributed by atoms with Crippen molar-refractivity contribution in [3.8, 4) is 6.07 Å². The molecule has 0 bridgehead atoms. The number of rotatable bonds is 6. The van der Waals surface area contributed by atoms with E-state index in [9.17, 15) is 4.79 Å². The first-order valence-electron chi connectivity index (χ1n) is 6.62. The minimum Gasteiger partial charge on any atom is -0.324 e. The Morgan fingerprint density at radius 3 is 2.79 bits per heavy atom. The summed E-state index contributed by atoms with van der Waals surface area (Å²) < 4.78 is 0. The number of amides is 1. The maximum absolute atomic E-state index is 12.1. The highest BCUT2D eigenvalue weighted by atomic mass is 35.5. The lowest BCUT2D eigenvalue weighted by Crippen LogP contribution is -2.22. The number of benzene rings is 1. The molecule has 0 aliphatic heterocycles. The van der Waals surface area contributed by atoms with Crippen molar-refractivity contribution in [2.45, 2.75) is 39.5 Å². The molecular formula is C15H19ClN2O. The normalized spacial score (nSPS) is 11.7. The lowest BCUT2D eigenvalue weighted by Gasteiger charge is -2.15. The molecule has 0 saturated heterocycles. The summed E-state index contributed by atoms with van der Waals surface area (Å²) in [5.74, 6) is -0.0188. The summed E-state index contributed by atoms with van der Waals surface area (Å²) in [6, 6.07) is 6.90. The molecule has 1 unspecified atom stereocenters. The third-order valence-corrected chi connectivity index (χ3v) is 3.45. The summed E-state index contributed by atoms with van der Waals surface area (Å²) in [6.07, 6.45) is 3.81. The van der Waals surface area contributed by atoms with E-state index in [4.69, 9.17) is 16.9 Å².